The lowest BCUT2D eigenvalue weighted by Gasteiger charge is -2.27. The van der Waals surface area contributed by atoms with Crippen molar-refractivity contribution < 1.29 is 14.5 Å². The number of nitro benzene ring substituents is 1. The van der Waals surface area contributed by atoms with Crippen LogP contribution < -0.4 is 10.2 Å². The summed E-state index contributed by atoms with van der Waals surface area (Å²) in [4.78, 5) is 25.0. The molecule has 1 unspecified atom stereocenters. The molecule has 1 aromatic carbocycles. The first-order valence-electron chi connectivity index (χ1n) is 9.08. The molecule has 1 amide bonds. The van der Waals surface area contributed by atoms with Crippen LogP contribution in [0.25, 0.3) is 0 Å². The van der Waals surface area contributed by atoms with Crippen molar-refractivity contribution in [1.82, 2.24) is 14.8 Å². The van der Waals surface area contributed by atoms with E-state index in [-0.39, 0.29) is 16.6 Å². The van der Waals surface area contributed by atoms with Crippen molar-refractivity contribution in [3.05, 3.63) is 33.3 Å². The van der Waals surface area contributed by atoms with Crippen molar-refractivity contribution in [2.45, 2.75) is 30.8 Å². The van der Waals surface area contributed by atoms with Gasteiger partial charge in [-0.15, -0.1) is 10.2 Å². The zero-order valence-corrected chi connectivity index (χ0v) is 17.6. The number of nitro groups is 1. The van der Waals surface area contributed by atoms with E-state index in [0.717, 1.165) is 19.0 Å². The van der Waals surface area contributed by atoms with Crippen LogP contribution in [-0.2, 0) is 16.1 Å². The van der Waals surface area contributed by atoms with Crippen molar-refractivity contribution in [3.8, 4) is 0 Å². The van der Waals surface area contributed by atoms with Gasteiger partial charge in [0.15, 0.2) is 5.16 Å². The summed E-state index contributed by atoms with van der Waals surface area (Å²) in [7, 11) is 0. The maximum absolute atomic E-state index is 12.6. The average molecular weight is 441 g/mol. The molecule has 1 aliphatic rings. The lowest BCUT2D eigenvalue weighted by atomic mass is 10.2. The summed E-state index contributed by atoms with van der Waals surface area (Å²) in [6.07, 6.45) is 0. The number of hydrogen-bond donors (Lipinski definition) is 1. The Morgan fingerprint density at radius 3 is 2.76 bits per heavy atom. The molecular formula is C17H21ClN6O4S. The van der Waals surface area contributed by atoms with E-state index in [1.54, 1.807) is 6.92 Å². The summed E-state index contributed by atoms with van der Waals surface area (Å²) < 4.78 is 7.35. The fraction of sp³-hybridized carbons (Fsp3) is 0.471. The summed E-state index contributed by atoms with van der Waals surface area (Å²) >= 11 is 7.34. The molecule has 2 heterocycles. The van der Waals surface area contributed by atoms with Crippen LogP contribution in [0.4, 0.5) is 17.3 Å². The number of amides is 1. The molecule has 0 spiro atoms. The number of morpholine rings is 1. The van der Waals surface area contributed by atoms with Crippen LogP contribution in [0, 0.1) is 10.1 Å². The third kappa shape index (κ3) is 4.98. The van der Waals surface area contributed by atoms with Crippen molar-refractivity contribution in [2.24, 2.45) is 0 Å². The predicted molar refractivity (Wildman–Crippen MR) is 111 cm³/mol. The molecule has 0 radical (unpaired) electrons. The number of thioether (sulfide) groups is 1. The lowest BCUT2D eigenvalue weighted by Crippen LogP contribution is -2.38. The molecule has 0 saturated carbocycles. The van der Waals surface area contributed by atoms with Crippen LogP contribution >= 0.6 is 23.4 Å². The van der Waals surface area contributed by atoms with Gasteiger partial charge in [-0.1, -0.05) is 23.4 Å². The van der Waals surface area contributed by atoms with E-state index in [1.165, 1.54) is 30.0 Å². The van der Waals surface area contributed by atoms with Gasteiger partial charge in [-0.2, -0.15) is 0 Å². The van der Waals surface area contributed by atoms with Gasteiger partial charge in [0.1, 0.15) is 0 Å². The second kappa shape index (κ2) is 9.42. The molecule has 1 N–H and O–H groups in total. The number of anilines is 2. The van der Waals surface area contributed by atoms with E-state index in [2.05, 4.69) is 20.4 Å². The van der Waals surface area contributed by atoms with Crippen LogP contribution in [0.1, 0.15) is 13.8 Å². The highest BCUT2D eigenvalue weighted by Gasteiger charge is 2.24. The molecule has 1 atom stereocenters. The van der Waals surface area contributed by atoms with Gasteiger partial charge in [0, 0.05) is 31.8 Å². The third-order valence-corrected chi connectivity index (χ3v) is 5.77. The lowest BCUT2D eigenvalue weighted by molar-refractivity contribution is -0.384. The number of rotatable bonds is 7. The van der Waals surface area contributed by atoms with Gasteiger partial charge in [-0.25, -0.2) is 0 Å². The first-order chi connectivity index (χ1) is 13.9. The molecule has 12 heteroatoms. The number of hydrogen-bond acceptors (Lipinski definition) is 8. The Hall–Kier alpha value is -2.37. The second-order valence-corrected chi connectivity index (χ2v) is 8.01. The molecule has 0 aliphatic carbocycles. The van der Waals surface area contributed by atoms with Crippen LogP contribution in [0.5, 0.6) is 0 Å². The van der Waals surface area contributed by atoms with Gasteiger partial charge < -0.3 is 15.0 Å². The number of halogens is 1. The van der Waals surface area contributed by atoms with Crippen LogP contribution in [0.15, 0.2) is 23.4 Å². The SMILES string of the molecule is CCn1c(SC(C)C(=O)Nc2ccc([N+](=O)[O-])cc2Cl)nnc1N1CCOCC1. The van der Waals surface area contributed by atoms with Crippen LogP contribution in [0.2, 0.25) is 5.02 Å². The molecular weight excluding hydrogens is 420 g/mol. The maximum Gasteiger partial charge on any atom is 0.271 e. The van der Waals surface area contributed by atoms with E-state index in [9.17, 15) is 14.9 Å². The van der Waals surface area contributed by atoms with Gasteiger partial charge in [0.25, 0.3) is 5.69 Å². The molecule has 29 heavy (non-hydrogen) atoms. The minimum Gasteiger partial charge on any atom is -0.378 e. The average Bonchev–Trinajstić information content (AvgIpc) is 3.12. The van der Waals surface area contributed by atoms with Crippen molar-refractivity contribution in [1.29, 1.82) is 0 Å². The Morgan fingerprint density at radius 2 is 2.14 bits per heavy atom. The van der Waals surface area contributed by atoms with Gasteiger partial charge in [0.2, 0.25) is 11.9 Å². The van der Waals surface area contributed by atoms with Gasteiger partial charge in [0.05, 0.1) is 34.1 Å². The number of non-ortho nitro benzene ring substituents is 1. The number of benzene rings is 1. The summed E-state index contributed by atoms with van der Waals surface area (Å²) in [5.41, 5.74) is 0.183. The Balaban J connectivity index is 1.68. The fourth-order valence-electron chi connectivity index (χ4n) is 2.81. The van der Waals surface area contributed by atoms with Gasteiger partial charge in [-0.3, -0.25) is 19.5 Å². The smallest absolute Gasteiger partial charge is 0.271 e. The molecule has 1 fully saturated rings. The quantitative estimate of drug-likeness (QED) is 0.397. The number of carbonyl (C=O) groups is 1. The van der Waals surface area contributed by atoms with Crippen molar-refractivity contribution in [3.63, 3.8) is 0 Å². The normalized spacial score (nSPS) is 15.2. The Kier molecular flexibility index (Phi) is 6.93. The third-order valence-electron chi connectivity index (χ3n) is 4.38. The van der Waals surface area contributed by atoms with Crippen molar-refractivity contribution in [2.75, 3.05) is 36.5 Å². The highest BCUT2D eigenvalue weighted by Crippen LogP contribution is 2.29. The Bertz CT molecular complexity index is 902. The molecule has 1 aliphatic heterocycles. The monoisotopic (exact) mass is 440 g/mol. The molecule has 3 rings (SSSR count). The molecule has 1 aromatic heterocycles. The molecule has 156 valence electrons. The highest BCUT2D eigenvalue weighted by atomic mass is 35.5. The fourth-order valence-corrected chi connectivity index (χ4v) is 3.94. The summed E-state index contributed by atoms with van der Waals surface area (Å²) in [6.45, 7) is 7.21. The van der Waals surface area contributed by atoms with E-state index in [1.807, 2.05) is 11.5 Å². The van der Waals surface area contributed by atoms with E-state index in [0.29, 0.717) is 30.6 Å². The predicted octanol–water partition coefficient (Wildman–Crippen LogP) is 2.82. The summed E-state index contributed by atoms with van der Waals surface area (Å²) in [5.74, 6) is 0.480. The Labute approximate surface area is 176 Å². The number of carbonyl (C=O) groups excluding carboxylic acids is 1. The van der Waals surface area contributed by atoms with E-state index >= 15 is 0 Å². The topological polar surface area (TPSA) is 115 Å². The number of nitrogens with one attached hydrogen (secondary N) is 1. The number of nitrogens with zero attached hydrogens (tertiary/aromatic N) is 5. The van der Waals surface area contributed by atoms with E-state index in [4.69, 9.17) is 16.3 Å². The highest BCUT2D eigenvalue weighted by molar-refractivity contribution is 8.00. The summed E-state index contributed by atoms with van der Waals surface area (Å²) in [6, 6.07) is 3.92. The number of aromatic nitrogens is 3. The first-order valence-corrected chi connectivity index (χ1v) is 10.3. The van der Waals surface area contributed by atoms with E-state index < -0.39 is 10.2 Å². The zero-order valence-electron chi connectivity index (χ0n) is 16.0. The molecule has 10 nitrogen and oxygen atoms in total. The Morgan fingerprint density at radius 1 is 1.41 bits per heavy atom. The molecule has 2 aromatic rings. The maximum atomic E-state index is 12.6. The second-order valence-electron chi connectivity index (χ2n) is 6.30. The minimum atomic E-state index is -0.542. The minimum absolute atomic E-state index is 0.107. The zero-order chi connectivity index (χ0) is 21.0. The summed E-state index contributed by atoms with van der Waals surface area (Å²) in [5, 5.41) is 22.3. The van der Waals surface area contributed by atoms with Crippen LogP contribution in [-0.4, -0.2) is 57.1 Å². The number of ether oxygens (including phenoxy) is 1. The largest absolute Gasteiger partial charge is 0.378 e. The molecule has 0 bridgehead atoms. The van der Waals surface area contributed by atoms with Gasteiger partial charge in [-0.05, 0) is 19.9 Å². The standard InChI is InChI=1S/C17H21ClN6O4S/c1-3-23-16(22-6-8-28-9-7-22)20-21-17(23)29-11(2)15(25)19-14-5-4-12(24(26)27)10-13(14)18/h4-5,10-11H,3,6-9H2,1-2H3,(H,19,25). The molecule has 1 saturated heterocycles. The van der Waals surface area contributed by atoms with Crippen LogP contribution in [0.3, 0.4) is 0 Å². The first kappa shape index (κ1) is 21.3. The van der Waals surface area contributed by atoms with Gasteiger partial charge >= 0.3 is 0 Å². The van der Waals surface area contributed by atoms with Crippen molar-refractivity contribution >= 4 is 46.6 Å².